The fourth-order valence-electron chi connectivity index (χ4n) is 3.01. The third-order valence-electron chi connectivity index (χ3n) is 4.38. The van der Waals surface area contributed by atoms with E-state index in [1.165, 1.54) is 0 Å². The van der Waals surface area contributed by atoms with Crippen LogP contribution in [-0.2, 0) is 9.53 Å². The van der Waals surface area contributed by atoms with E-state index in [4.69, 9.17) is 9.47 Å². The summed E-state index contributed by atoms with van der Waals surface area (Å²) in [6, 6.07) is 14.5. The second kappa shape index (κ2) is 9.93. The van der Waals surface area contributed by atoms with Gasteiger partial charge in [-0.25, -0.2) is 0 Å². The molecule has 0 aliphatic carbocycles. The Labute approximate surface area is 171 Å². The molecule has 7 nitrogen and oxygen atoms in total. The number of ether oxygens (including phenoxy) is 2. The highest BCUT2D eigenvalue weighted by Gasteiger charge is 2.18. The van der Waals surface area contributed by atoms with Gasteiger partial charge in [0.15, 0.2) is 0 Å². The Morgan fingerprint density at radius 2 is 1.86 bits per heavy atom. The maximum absolute atomic E-state index is 12.6. The van der Waals surface area contributed by atoms with E-state index >= 15 is 0 Å². The van der Waals surface area contributed by atoms with Crippen LogP contribution in [0.1, 0.15) is 24.2 Å². The van der Waals surface area contributed by atoms with Crippen LogP contribution in [0.25, 0.3) is 0 Å². The number of rotatable bonds is 7. The van der Waals surface area contributed by atoms with Crippen molar-refractivity contribution in [2.45, 2.75) is 20.0 Å². The molecule has 1 saturated heterocycles. The van der Waals surface area contributed by atoms with Crippen molar-refractivity contribution in [3.63, 3.8) is 0 Å². The van der Waals surface area contributed by atoms with Crippen LogP contribution in [-0.4, -0.2) is 55.7 Å². The normalized spacial score (nSPS) is 13.8. The van der Waals surface area contributed by atoms with Crippen molar-refractivity contribution in [2.75, 3.05) is 43.5 Å². The van der Waals surface area contributed by atoms with Crippen molar-refractivity contribution in [1.29, 1.82) is 0 Å². The highest BCUT2D eigenvalue weighted by Crippen LogP contribution is 2.24. The van der Waals surface area contributed by atoms with Crippen LogP contribution in [0.3, 0.4) is 0 Å². The van der Waals surface area contributed by atoms with Gasteiger partial charge in [0.05, 0.1) is 31.5 Å². The minimum Gasteiger partial charge on any atom is -0.489 e. The standard InChI is InChI=1S/C22H27N3O4/c1-16(2)29-20-9-4-3-8-19(20)24-21(26)15-23-18-7-5-6-17(14-18)22(27)25-10-12-28-13-11-25/h3-9,14,16,23H,10-13,15H2,1-2H3,(H,24,26). The molecule has 29 heavy (non-hydrogen) atoms. The fourth-order valence-corrected chi connectivity index (χ4v) is 3.01. The summed E-state index contributed by atoms with van der Waals surface area (Å²) in [7, 11) is 0. The molecule has 0 saturated carbocycles. The highest BCUT2D eigenvalue weighted by molar-refractivity contribution is 5.96. The Morgan fingerprint density at radius 3 is 2.62 bits per heavy atom. The molecule has 0 bridgehead atoms. The predicted octanol–water partition coefficient (Wildman–Crippen LogP) is 3.00. The zero-order chi connectivity index (χ0) is 20.6. The molecule has 2 aromatic carbocycles. The van der Waals surface area contributed by atoms with Gasteiger partial charge < -0.3 is 25.0 Å². The first-order valence-electron chi connectivity index (χ1n) is 9.79. The number of para-hydroxylation sites is 2. The van der Waals surface area contributed by atoms with Crippen molar-refractivity contribution in [1.82, 2.24) is 4.90 Å². The molecule has 1 aliphatic heterocycles. The zero-order valence-electron chi connectivity index (χ0n) is 16.8. The van der Waals surface area contributed by atoms with Gasteiger partial charge in [-0.3, -0.25) is 9.59 Å². The van der Waals surface area contributed by atoms with Crippen LogP contribution in [0.2, 0.25) is 0 Å². The number of nitrogens with zero attached hydrogens (tertiary/aromatic N) is 1. The lowest BCUT2D eigenvalue weighted by Gasteiger charge is -2.27. The number of benzene rings is 2. The molecule has 154 valence electrons. The van der Waals surface area contributed by atoms with Crippen molar-refractivity contribution in [3.8, 4) is 5.75 Å². The summed E-state index contributed by atoms with van der Waals surface area (Å²) in [5.41, 5.74) is 1.93. The van der Waals surface area contributed by atoms with Gasteiger partial charge in [-0.05, 0) is 44.2 Å². The number of morpholine rings is 1. The molecule has 1 fully saturated rings. The maximum Gasteiger partial charge on any atom is 0.254 e. The van der Waals surface area contributed by atoms with E-state index in [2.05, 4.69) is 10.6 Å². The SMILES string of the molecule is CC(C)Oc1ccccc1NC(=O)CNc1cccc(C(=O)N2CCOCC2)c1. The molecule has 0 spiro atoms. The average Bonchev–Trinajstić information content (AvgIpc) is 2.73. The summed E-state index contributed by atoms with van der Waals surface area (Å²) in [5.74, 6) is 0.407. The van der Waals surface area contributed by atoms with Crippen LogP contribution in [0.15, 0.2) is 48.5 Å². The number of carbonyl (C=O) groups is 2. The van der Waals surface area contributed by atoms with Gasteiger partial charge in [-0.1, -0.05) is 18.2 Å². The van der Waals surface area contributed by atoms with Crippen LogP contribution in [0, 0.1) is 0 Å². The first-order valence-corrected chi connectivity index (χ1v) is 9.79. The molecule has 0 radical (unpaired) electrons. The van der Waals surface area contributed by atoms with E-state index in [0.29, 0.717) is 49.0 Å². The van der Waals surface area contributed by atoms with Crippen LogP contribution < -0.4 is 15.4 Å². The Hall–Kier alpha value is -3.06. The monoisotopic (exact) mass is 397 g/mol. The molecule has 0 unspecified atom stereocenters. The molecular weight excluding hydrogens is 370 g/mol. The third kappa shape index (κ3) is 5.96. The molecule has 0 aromatic heterocycles. The van der Waals surface area contributed by atoms with Gasteiger partial charge >= 0.3 is 0 Å². The van der Waals surface area contributed by atoms with E-state index in [9.17, 15) is 9.59 Å². The number of amides is 2. The van der Waals surface area contributed by atoms with Gasteiger partial charge in [0, 0.05) is 24.3 Å². The van der Waals surface area contributed by atoms with Crippen LogP contribution in [0.4, 0.5) is 11.4 Å². The van der Waals surface area contributed by atoms with E-state index in [1.54, 1.807) is 29.2 Å². The van der Waals surface area contributed by atoms with Crippen molar-refractivity contribution in [3.05, 3.63) is 54.1 Å². The highest BCUT2D eigenvalue weighted by atomic mass is 16.5. The Morgan fingerprint density at radius 1 is 1.10 bits per heavy atom. The minimum absolute atomic E-state index is 0.0120. The first kappa shape index (κ1) is 20.7. The maximum atomic E-state index is 12.6. The Kier molecular flexibility index (Phi) is 7.08. The number of anilines is 2. The van der Waals surface area contributed by atoms with Crippen molar-refractivity contribution >= 4 is 23.2 Å². The molecule has 0 atom stereocenters. The van der Waals surface area contributed by atoms with Crippen LogP contribution in [0.5, 0.6) is 5.75 Å². The smallest absolute Gasteiger partial charge is 0.254 e. The van der Waals surface area contributed by atoms with Crippen molar-refractivity contribution in [2.24, 2.45) is 0 Å². The topological polar surface area (TPSA) is 79.9 Å². The third-order valence-corrected chi connectivity index (χ3v) is 4.38. The van der Waals surface area contributed by atoms with Gasteiger partial charge in [0.25, 0.3) is 5.91 Å². The summed E-state index contributed by atoms with van der Waals surface area (Å²) in [6.45, 7) is 6.26. The van der Waals surface area contributed by atoms with Crippen LogP contribution >= 0.6 is 0 Å². The Balaban J connectivity index is 1.57. The first-order chi connectivity index (χ1) is 14.0. The van der Waals surface area contributed by atoms with E-state index in [0.717, 1.165) is 0 Å². The molecule has 1 aliphatic rings. The number of hydrogen-bond donors (Lipinski definition) is 2. The average molecular weight is 397 g/mol. The second-order valence-electron chi connectivity index (χ2n) is 7.05. The fraction of sp³-hybridized carbons (Fsp3) is 0.364. The summed E-state index contributed by atoms with van der Waals surface area (Å²) >= 11 is 0. The summed E-state index contributed by atoms with van der Waals surface area (Å²) < 4.78 is 11.0. The Bertz CT molecular complexity index is 847. The molecule has 2 N–H and O–H groups in total. The van der Waals surface area contributed by atoms with Gasteiger partial charge in [0.1, 0.15) is 5.75 Å². The second-order valence-corrected chi connectivity index (χ2v) is 7.05. The number of hydrogen-bond acceptors (Lipinski definition) is 5. The summed E-state index contributed by atoms with van der Waals surface area (Å²) in [6.07, 6.45) is 0.0120. The molecule has 2 amide bonds. The van der Waals surface area contributed by atoms with Gasteiger partial charge in [0.2, 0.25) is 5.91 Å². The quantitative estimate of drug-likeness (QED) is 0.751. The van der Waals surface area contributed by atoms with E-state index < -0.39 is 0 Å². The summed E-state index contributed by atoms with van der Waals surface area (Å²) in [5, 5.41) is 5.93. The van der Waals surface area contributed by atoms with E-state index in [1.807, 2.05) is 38.1 Å². The summed E-state index contributed by atoms with van der Waals surface area (Å²) in [4.78, 5) is 26.8. The molecule has 2 aromatic rings. The number of carbonyl (C=O) groups excluding carboxylic acids is 2. The van der Waals surface area contributed by atoms with Crippen molar-refractivity contribution < 1.29 is 19.1 Å². The molecule has 7 heteroatoms. The molecular formula is C22H27N3O4. The lowest BCUT2D eigenvalue weighted by molar-refractivity contribution is -0.114. The predicted molar refractivity (Wildman–Crippen MR) is 112 cm³/mol. The zero-order valence-corrected chi connectivity index (χ0v) is 16.8. The van der Waals surface area contributed by atoms with Gasteiger partial charge in [-0.15, -0.1) is 0 Å². The largest absolute Gasteiger partial charge is 0.489 e. The van der Waals surface area contributed by atoms with E-state index in [-0.39, 0.29) is 24.5 Å². The number of nitrogens with one attached hydrogen (secondary N) is 2. The van der Waals surface area contributed by atoms with Gasteiger partial charge in [-0.2, -0.15) is 0 Å². The lowest BCUT2D eigenvalue weighted by Crippen LogP contribution is -2.40. The lowest BCUT2D eigenvalue weighted by atomic mass is 10.1. The molecule has 3 rings (SSSR count). The molecule has 1 heterocycles. The minimum atomic E-state index is -0.199.